The van der Waals surface area contributed by atoms with Gasteiger partial charge in [-0.1, -0.05) is 6.07 Å². The van der Waals surface area contributed by atoms with Crippen LogP contribution < -0.4 is 14.4 Å². The number of rotatable bonds is 6. The van der Waals surface area contributed by atoms with Crippen molar-refractivity contribution in [1.82, 2.24) is 4.98 Å². The van der Waals surface area contributed by atoms with Gasteiger partial charge in [-0.15, -0.1) is 0 Å². The average molecular weight is 362 g/mol. The zero-order valence-electron chi connectivity index (χ0n) is 14.4. The van der Waals surface area contributed by atoms with E-state index in [-0.39, 0.29) is 23.5 Å². The summed E-state index contributed by atoms with van der Waals surface area (Å²) in [5.74, 6) is 0.272. The van der Waals surface area contributed by atoms with E-state index < -0.39 is 6.61 Å². The van der Waals surface area contributed by atoms with Gasteiger partial charge in [0, 0.05) is 18.8 Å². The standard InChI is InChI=1S/C19H20F2N2O3/c1-23(17-8-4-5-11-22-17)18(24)13-9-10-15(26-19(20)21)16(12-13)25-14-6-2-3-7-14/h4-5,8-12,14,19H,2-3,6-7H2,1H3. The molecule has 7 heteroatoms. The number of alkyl halides is 2. The van der Waals surface area contributed by atoms with Crippen molar-refractivity contribution in [3.63, 3.8) is 0 Å². The molecule has 2 aromatic rings. The minimum Gasteiger partial charge on any atom is -0.487 e. The summed E-state index contributed by atoms with van der Waals surface area (Å²) in [6, 6.07) is 9.49. The van der Waals surface area contributed by atoms with Gasteiger partial charge in [-0.3, -0.25) is 9.69 Å². The van der Waals surface area contributed by atoms with Gasteiger partial charge in [-0.25, -0.2) is 4.98 Å². The summed E-state index contributed by atoms with van der Waals surface area (Å²) < 4.78 is 35.7. The van der Waals surface area contributed by atoms with Crippen LogP contribution in [0.1, 0.15) is 36.0 Å². The van der Waals surface area contributed by atoms with Crippen LogP contribution in [-0.2, 0) is 0 Å². The van der Waals surface area contributed by atoms with E-state index in [1.54, 1.807) is 31.4 Å². The molecule has 0 spiro atoms. The second-order valence-electron chi connectivity index (χ2n) is 6.12. The number of halogens is 2. The molecule has 1 fully saturated rings. The van der Waals surface area contributed by atoms with E-state index in [9.17, 15) is 13.6 Å². The number of benzene rings is 1. The molecule has 0 saturated heterocycles. The van der Waals surface area contributed by atoms with Crippen molar-refractivity contribution in [2.24, 2.45) is 0 Å². The monoisotopic (exact) mass is 362 g/mol. The molecule has 5 nitrogen and oxygen atoms in total. The molecule has 0 aliphatic heterocycles. The molecule has 0 bridgehead atoms. The van der Waals surface area contributed by atoms with E-state index in [4.69, 9.17) is 4.74 Å². The van der Waals surface area contributed by atoms with Gasteiger partial charge < -0.3 is 9.47 Å². The summed E-state index contributed by atoms with van der Waals surface area (Å²) in [5, 5.41) is 0. The maximum atomic E-state index is 12.7. The Hall–Kier alpha value is -2.70. The highest BCUT2D eigenvalue weighted by Crippen LogP contribution is 2.34. The Balaban J connectivity index is 1.85. The van der Waals surface area contributed by atoms with Crippen LogP contribution in [0.25, 0.3) is 0 Å². The molecule has 1 aliphatic rings. The average Bonchev–Trinajstić information content (AvgIpc) is 3.15. The number of hydrogen-bond acceptors (Lipinski definition) is 4. The van der Waals surface area contributed by atoms with Crippen LogP contribution >= 0.6 is 0 Å². The van der Waals surface area contributed by atoms with Crippen molar-refractivity contribution >= 4 is 11.7 Å². The normalized spacial score (nSPS) is 14.5. The van der Waals surface area contributed by atoms with Crippen LogP contribution in [0.5, 0.6) is 11.5 Å². The first kappa shape index (κ1) is 18.1. The van der Waals surface area contributed by atoms with E-state index in [0.29, 0.717) is 11.4 Å². The van der Waals surface area contributed by atoms with Crippen LogP contribution in [0.15, 0.2) is 42.6 Å². The summed E-state index contributed by atoms with van der Waals surface area (Å²) in [6.07, 6.45) is 5.34. The lowest BCUT2D eigenvalue weighted by Gasteiger charge is -2.19. The first-order valence-electron chi connectivity index (χ1n) is 8.49. The quantitative estimate of drug-likeness (QED) is 0.770. The van der Waals surface area contributed by atoms with E-state index >= 15 is 0 Å². The Kier molecular flexibility index (Phi) is 5.65. The largest absolute Gasteiger partial charge is 0.487 e. The Labute approximate surface area is 150 Å². The maximum absolute atomic E-state index is 12.7. The van der Waals surface area contributed by atoms with Crippen molar-refractivity contribution in [2.75, 3.05) is 11.9 Å². The minimum atomic E-state index is -2.96. The molecule has 1 amide bonds. The zero-order valence-corrected chi connectivity index (χ0v) is 14.4. The van der Waals surface area contributed by atoms with Gasteiger partial charge in [0.05, 0.1) is 6.10 Å². The number of anilines is 1. The number of carbonyl (C=O) groups excluding carboxylic acids is 1. The molecule has 1 aliphatic carbocycles. The van der Waals surface area contributed by atoms with Crippen LogP contribution in [0, 0.1) is 0 Å². The molecule has 138 valence electrons. The number of ether oxygens (including phenoxy) is 2. The Morgan fingerprint density at radius 2 is 1.96 bits per heavy atom. The molecule has 0 radical (unpaired) electrons. The minimum absolute atomic E-state index is 0.0473. The fourth-order valence-corrected chi connectivity index (χ4v) is 2.96. The molecule has 1 heterocycles. The number of carbonyl (C=O) groups is 1. The summed E-state index contributed by atoms with van der Waals surface area (Å²) in [7, 11) is 1.60. The molecular formula is C19H20F2N2O3. The van der Waals surface area contributed by atoms with Gasteiger partial charge in [0.25, 0.3) is 5.91 Å². The SMILES string of the molecule is CN(C(=O)c1ccc(OC(F)F)c(OC2CCCC2)c1)c1ccccn1. The molecule has 26 heavy (non-hydrogen) atoms. The van der Waals surface area contributed by atoms with Gasteiger partial charge in [0.2, 0.25) is 0 Å². The van der Waals surface area contributed by atoms with Gasteiger partial charge in [0.1, 0.15) is 5.82 Å². The first-order chi connectivity index (χ1) is 12.5. The van der Waals surface area contributed by atoms with Crippen molar-refractivity contribution in [1.29, 1.82) is 0 Å². The maximum Gasteiger partial charge on any atom is 0.387 e. The van der Waals surface area contributed by atoms with Crippen molar-refractivity contribution in [3.8, 4) is 11.5 Å². The summed E-state index contributed by atoms with van der Waals surface area (Å²) in [6.45, 7) is -2.96. The molecule has 0 N–H and O–H groups in total. The number of hydrogen-bond donors (Lipinski definition) is 0. The highest BCUT2D eigenvalue weighted by Gasteiger charge is 2.22. The topological polar surface area (TPSA) is 51.7 Å². The Bertz CT molecular complexity index is 750. The summed E-state index contributed by atoms with van der Waals surface area (Å²) in [4.78, 5) is 18.2. The lowest BCUT2D eigenvalue weighted by atomic mass is 10.1. The molecule has 1 aromatic heterocycles. The van der Waals surface area contributed by atoms with E-state index in [0.717, 1.165) is 25.7 Å². The lowest BCUT2D eigenvalue weighted by molar-refractivity contribution is -0.0520. The van der Waals surface area contributed by atoms with Gasteiger partial charge >= 0.3 is 6.61 Å². The predicted molar refractivity (Wildman–Crippen MR) is 92.9 cm³/mol. The molecule has 1 aromatic carbocycles. The van der Waals surface area contributed by atoms with Gasteiger partial charge in [-0.05, 0) is 56.0 Å². The summed E-state index contributed by atoms with van der Waals surface area (Å²) in [5.41, 5.74) is 0.313. The van der Waals surface area contributed by atoms with Crippen molar-refractivity contribution in [3.05, 3.63) is 48.2 Å². The van der Waals surface area contributed by atoms with E-state index in [1.165, 1.54) is 23.1 Å². The van der Waals surface area contributed by atoms with E-state index in [2.05, 4.69) is 9.72 Å². The highest BCUT2D eigenvalue weighted by atomic mass is 19.3. The van der Waals surface area contributed by atoms with Crippen LogP contribution in [0.4, 0.5) is 14.6 Å². The van der Waals surface area contributed by atoms with E-state index in [1.807, 2.05) is 0 Å². The fourth-order valence-electron chi connectivity index (χ4n) is 2.96. The predicted octanol–water partition coefficient (Wildman–Crippen LogP) is 4.28. The third kappa shape index (κ3) is 4.28. The molecule has 0 unspecified atom stereocenters. The third-order valence-electron chi connectivity index (χ3n) is 4.30. The number of amides is 1. The number of nitrogens with zero attached hydrogens (tertiary/aromatic N) is 2. The summed E-state index contributed by atoms with van der Waals surface area (Å²) >= 11 is 0. The molecular weight excluding hydrogens is 342 g/mol. The second-order valence-corrected chi connectivity index (χ2v) is 6.12. The first-order valence-corrected chi connectivity index (χ1v) is 8.49. The van der Waals surface area contributed by atoms with Crippen LogP contribution in [0.2, 0.25) is 0 Å². The van der Waals surface area contributed by atoms with Crippen molar-refractivity contribution in [2.45, 2.75) is 38.4 Å². The molecule has 3 rings (SSSR count). The second kappa shape index (κ2) is 8.12. The molecule has 1 saturated carbocycles. The third-order valence-corrected chi connectivity index (χ3v) is 4.30. The highest BCUT2D eigenvalue weighted by molar-refractivity contribution is 6.05. The fraction of sp³-hybridized carbons (Fsp3) is 0.368. The van der Waals surface area contributed by atoms with Gasteiger partial charge in [-0.2, -0.15) is 8.78 Å². The number of aromatic nitrogens is 1. The number of pyridine rings is 1. The van der Waals surface area contributed by atoms with Crippen molar-refractivity contribution < 1.29 is 23.0 Å². The molecule has 0 atom stereocenters. The van der Waals surface area contributed by atoms with Gasteiger partial charge in [0.15, 0.2) is 11.5 Å². The Morgan fingerprint density at radius 1 is 1.19 bits per heavy atom. The smallest absolute Gasteiger partial charge is 0.387 e. The van der Waals surface area contributed by atoms with Crippen LogP contribution in [0.3, 0.4) is 0 Å². The zero-order chi connectivity index (χ0) is 18.5. The van der Waals surface area contributed by atoms with Crippen LogP contribution in [-0.4, -0.2) is 30.7 Å². The Morgan fingerprint density at radius 3 is 2.62 bits per heavy atom. The lowest BCUT2D eigenvalue weighted by Crippen LogP contribution is -2.27.